The Morgan fingerprint density at radius 3 is 2.41 bits per heavy atom. The van der Waals surface area contributed by atoms with Crippen molar-refractivity contribution in [1.82, 2.24) is 10.2 Å². The van der Waals surface area contributed by atoms with Gasteiger partial charge in [0.2, 0.25) is 0 Å². The lowest BCUT2D eigenvalue weighted by Gasteiger charge is -2.34. The van der Waals surface area contributed by atoms with E-state index < -0.39 is 0 Å². The summed E-state index contributed by atoms with van der Waals surface area (Å²) in [6.45, 7) is 3.67. The lowest BCUT2D eigenvalue weighted by atomic mass is 10.0. The average Bonchev–Trinajstić information content (AvgIpc) is 2.33. The van der Waals surface area contributed by atoms with E-state index in [2.05, 4.69) is 10.2 Å². The molecule has 0 aliphatic carbocycles. The Kier molecular flexibility index (Phi) is 4.04. The molecule has 0 amide bonds. The van der Waals surface area contributed by atoms with E-state index in [1.54, 1.807) is 12.1 Å². The van der Waals surface area contributed by atoms with E-state index in [-0.39, 0.29) is 11.9 Å². The minimum Gasteiger partial charge on any atom is -0.392 e. The molecule has 17 heavy (non-hydrogen) atoms. The van der Waals surface area contributed by atoms with Crippen LogP contribution in [0.3, 0.4) is 0 Å². The first-order valence-corrected chi connectivity index (χ1v) is 6.09. The number of hydrogen-bond donors (Lipinski definition) is 2. The smallest absolute Gasteiger partial charge is 0.123 e. The zero-order chi connectivity index (χ0) is 12.3. The zero-order valence-corrected chi connectivity index (χ0v) is 10.3. The summed E-state index contributed by atoms with van der Waals surface area (Å²) in [7, 11) is 0. The van der Waals surface area contributed by atoms with E-state index in [0.717, 1.165) is 31.7 Å². The second kappa shape index (κ2) is 5.53. The summed E-state index contributed by atoms with van der Waals surface area (Å²) in [4.78, 5) is 2.67. The van der Waals surface area contributed by atoms with E-state index in [4.69, 9.17) is 18.0 Å². The fourth-order valence-corrected chi connectivity index (χ4v) is 2.43. The highest BCUT2D eigenvalue weighted by atomic mass is 32.1. The maximum Gasteiger partial charge on any atom is 0.123 e. The van der Waals surface area contributed by atoms with Crippen molar-refractivity contribution in [1.29, 1.82) is 0 Å². The highest BCUT2D eigenvalue weighted by Gasteiger charge is 2.24. The van der Waals surface area contributed by atoms with Crippen molar-refractivity contribution in [3.63, 3.8) is 0 Å². The van der Waals surface area contributed by atoms with E-state index >= 15 is 0 Å². The number of hydrogen-bond acceptors (Lipinski definition) is 3. The summed E-state index contributed by atoms with van der Waals surface area (Å²) in [5, 5.41) is 3.28. The van der Waals surface area contributed by atoms with Crippen molar-refractivity contribution < 1.29 is 4.39 Å². The molecule has 1 aliphatic rings. The molecule has 1 aromatic rings. The van der Waals surface area contributed by atoms with Crippen LogP contribution in [0.1, 0.15) is 11.6 Å². The third-order valence-electron chi connectivity index (χ3n) is 2.97. The predicted octanol–water partition coefficient (Wildman–Crippen LogP) is 1.06. The molecule has 1 aliphatic heterocycles. The first kappa shape index (κ1) is 12.4. The van der Waals surface area contributed by atoms with Crippen LogP contribution in [0.2, 0.25) is 0 Å². The van der Waals surface area contributed by atoms with Crippen LogP contribution in [0.15, 0.2) is 24.3 Å². The van der Waals surface area contributed by atoms with Crippen LogP contribution >= 0.6 is 12.2 Å². The molecule has 0 aromatic heterocycles. The van der Waals surface area contributed by atoms with Crippen molar-refractivity contribution in [2.24, 2.45) is 5.73 Å². The van der Waals surface area contributed by atoms with Gasteiger partial charge >= 0.3 is 0 Å². The van der Waals surface area contributed by atoms with Gasteiger partial charge < -0.3 is 11.1 Å². The molecular weight excluding hydrogens is 237 g/mol. The number of nitrogens with two attached hydrogens (primary N) is 1. The van der Waals surface area contributed by atoms with Gasteiger partial charge in [0.1, 0.15) is 5.82 Å². The summed E-state index contributed by atoms with van der Waals surface area (Å²) >= 11 is 5.13. The molecule has 0 bridgehead atoms. The topological polar surface area (TPSA) is 41.3 Å². The molecule has 5 heteroatoms. The Morgan fingerprint density at radius 1 is 1.29 bits per heavy atom. The van der Waals surface area contributed by atoms with Crippen molar-refractivity contribution in [3.05, 3.63) is 35.6 Å². The fraction of sp³-hybridized carbons (Fsp3) is 0.417. The van der Waals surface area contributed by atoms with E-state index in [1.165, 1.54) is 12.1 Å². The molecular formula is C12H16FN3S. The van der Waals surface area contributed by atoms with Gasteiger partial charge in [-0.3, -0.25) is 4.90 Å². The molecule has 1 unspecified atom stereocenters. The number of thiocarbonyl (C=S) groups is 1. The highest BCUT2D eigenvalue weighted by molar-refractivity contribution is 7.80. The second-order valence-corrected chi connectivity index (χ2v) is 4.61. The van der Waals surface area contributed by atoms with E-state index in [1.807, 2.05) is 0 Å². The number of rotatable bonds is 3. The van der Waals surface area contributed by atoms with E-state index in [9.17, 15) is 4.39 Å². The Morgan fingerprint density at radius 2 is 1.88 bits per heavy atom. The fourth-order valence-electron chi connectivity index (χ4n) is 2.14. The zero-order valence-electron chi connectivity index (χ0n) is 9.53. The summed E-state index contributed by atoms with van der Waals surface area (Å²) in [6.07, 6.45) is 0. The third kappa shape index (κ3) is 3.00. The third-order valence-corrected chi connectivity index (χ3v) is 3.20. The van der Waals surface area contributed by atoms with Gasteiger partial charge in [-0.25, -0.2) is 4.39 Å². The number of halogens is 1. The summed E-state index contributed by atoms with van der Waals surface area (Å²) in [6, 6.07) is 6.31. The Bertz CT molecular complexity index is 387. The Balaban J connectivity index is 2.21. The first-order valence-electron chi connectivity index (χ1n) is 5.68. The highest BCUT2D eigenvalue weighted by Crippen LogP contribution is 2.21. The van der Waals surface area contributed by atoms with Gasteiger partial charge in [0.15, 0.2) is 0 Å². The van der Waals surface area contributed by atoms with Gasteiger partial charge in [-0.05, 0) is 17.7 Å². The van der Waals surface area contributed by atoms with Gasteiger partial charge in [0.05, 0.1) is 11.0 Å². The van der Waals surface area contributed by atoms with Gasteiger partial charge in [0.25, 0.3) is 0 Å². The van der Waals surface area contributed by atoms with Gasteiger partial charge in [-0.2, -0.15) is 0 Å². The molecule has 1 heterocycles. The molecule has 2 rings (SSSR count). The molecule has 0 saturated carbocycles. The summed E-state index contributed by atoms with van der Waals surface area (Å²) < 4.78 is 12.9. The minimum absolute atomic E-state index is 0.0901. The van der Waals surface area contributed by atoms with Crippen molar-refractivity contribution in [3.8, 4) is 0 Å². The normalized spacial score (nSPS) is 18.9. The number of nitrogens with zero attached hydrogens (tertiary/aromatic N) is 1. The SMILES string of the molecule is NC(=S)C(c1ccc(F)cc1)N1CCNCC1. The maximum absolute atomic E-state index is 12.9. The number of benzene rings is 1. The molecule has 1 aromatic carbocycles. The Hall–Kier alpha value is -1.04. The second-order valence-electron chi connectivity index (χ2n) is 4.14. The average molecular weight is 253 g/mol. The van der Waals surface area contributed by atoms with Crippen LogP contribution in [0.5, 0.6) is 0 Å². The number of nitrogens with one attached hydrogen (secondary N) is 1. The van der Waals surface area contributed by atoms with Crippen LogP contribution in [0.4, 0.5) is 4.39 Å². The van der Waals surface area contributed by atoms with Crippen LogP contribution in [0, 0.1) is 5.82 Å². The van der Waals surface area contributed by atoms with Gasteiger partial charge in [-0.1, -0.05) is 24.4 Å². The van der Waals surface area contributed by atoms with Gasteiger partial charge in [-0.15, -0.1) is 0 Å². The molecule has 1 saturated heterocycles. The minimum atomic E-state index is -0.240. The molecule has 92 valence electrons. The molecule has 3 N–H and O–H groups in total. The van der Waals surface area contributed by atoms with Crippen LogP contribution in [-0.2, 0) is 0 Å². The van der Waals surface area contributed by atoms with Crippen molar-refractivity contribution in [2.45, 2.75) is 6.04 Å². The lowest BCUT2D eigenvalue weighted by molar-refractivity contribution is 0.215. The van der Waals surface area contributed by atoms with Gasteiger partial charge in [0, 0.05) is 26.2 Å². The van der Waals surface area contributed by atoms with Crippen molar-refractivity contribution >= 4 is 17.2 Å². The standard InChI is InChI=1S/C12H16FN3S/c13-10-3-1-9(2-4-10)11(12(14)17)16-7-5-15-6-8-16/h1-4,11,15H,5-8H2,(H2,14,17). The largest absolute Gasteiger partial charge is 0.392 e. The van der Waals surface area contributed by atoms with E-state index in [0.29, 0.717) is 4.99 Å². The molecule has 3 nitrogen and oxygen atoms in total. The monoisotopic (exact) mass is 253 g/mol. The van der Waals surface area contributed by atoms with Crippen LogP contribution in [-0.4, -0.2) is 36.1 Å². The summed E-state index contributed by atoms with van der Waals surface area (Å²) in [5.74, 6) is -0.240. The lowest BCUT2D eigenvalue weighted by Crippen LogP contribution is -2.48. The first-order chi connectivity index (χ1) is 8.18. The molecule has 1 fully saturated rings. The molecule has 0 spiro atoms. The summed E-state index contributed by atoms with van der Waals surface area (Å²) in [5.41, 5.74) is 6.77. The quantitative estimate of drug-likeness (QED) is 0.790. The molecule has 1 atom stereocenters. The van der Waals surface area contributed by atoms with Crippen LogP contribution in [0.25, 0.3) is 0 Å². The predicted molar refractivity (Wildman–Crippen MR) is 70.4 cm³/mol. The maximum atomic E-state index is 12.9. The van der Waals surface area contributed by atoms with Crippen molar-refractivity contribution in [2.75, 3.05) is 26.2 Å². The van der Waals surface area contributed by atoms with Crippen LogP contribution < -0.4 is 11.1 Å². The Labute approximate surface area is 106 Å². The number of piperazine rings is 1. The molecule has 0 radical (unpaired) electrons.